The van der Waals surface area contributed by atoms with Gasteiger partial charge in [-0.05, 0) is 36.6 Å². The first-order valence-electron chi connectivity index (χ1n) is 6.15. The molecule has 90 valence electrons. The standard InChI is InChI=1S/C14H17FN2/c1-10(12-7-16-8-12)9-17-5-4-11-2-3-13(15)6-14(11)17/h2-3,6,16H,4-5,7-9H2,1H3. The Hall–Kier alpha value is -1.35. The maximum absolute atomic E-state index is 13.3. The third-order valence-corrected chi connectivity index (χ3v) is 3.75. The average molecular weight is 232 g/mol. The molecule has 2 aliphatic heterocycles. The molecule has 2 aliphatic rings. The Kier molecular flexibility index (Phi) is 2.63. The fourth-order valence-corrected chi connectivity index (χ4v) is 2.53. The molecule has 2 nitrogen and oxygen atoms in total. The van der Waals surface area contributed by atoms with Gasteiger partial charge in [-0.3, -0.25) is 0 Å². The molecule has 0 saturated carbocycles. The van der Waals surface area contributed by atoms with E-state index in [4.69, 9.17) is 0 Å². The fourth-order valence-electron chi connectivity index (χ4n) is 2.53. The van der Waals surface area contributed by atoms with Crippen LogP contribution >= 0.6 is 0 Å². The minimum atomic E-state index is -0.133. The smallest absolute Gasteiger partial charge is 0.125 e. The highest BCUT2D eigenvalue weighted by molar-refractivity contribution is 5.59. The van der Waals surface area contributed by atoms with Crippen molar-refractivity contribution in [3.05, 3.63) is 40.7 Å². The van der Waals surface area contributed by atoms with Crippen molar-refractivity contribution in [1.82, 2.24) is 5.32 Å². The van der Waals surface area contributed by atoms with E-state index in [0.29, 0.717) is 0 Å². The van der Waals surface area contributed by atoms with Crippen LogP contribution in [0.4, 0.5) is 10.1 Å². The highest BCUT2D eigenvalue weighted by atomic mass is 19.1. The van der Waals surface area contributed by atoms with Crippen LogP contribution in [0.2, 0.25) is 0 Å². The molecule has 1 saturated heterocycles. The van der Waals surface area contributed by atoms with Gasteiger partial charge in [-0.25, -0.2) is 4.39 Å². The highest BCUT2D eigenvalue weighted by Crippen LogP contribution is 2.29. The first-order chi connectivity index (χ1) is 8.24. The minimum absolute atomic E-state index is 0.133. The predicted octanol–water partition coefficient (Wildman–Crippen LogP) is 2.11. The molecule has 0 unspecified atom stereocenters. The average Bonchev–Trinajstić information content (AvgIpc) is 2.58. The predicted molar refractivity (Wildman–Crippen MR) is 67.9 cm³/mol. The van der Waals surface area contributed by atoms with E-state index in [1.54, 1.807) is 12.1 Å². The largest absolute Gasteiger partial charge is 0.367 e. The van der Waals surface area contributed by atoms with Gasteiger partial charge in [-0.2, -0.15) is 0 Å². The molecule has 0 spiro atoms. The van der Waals surface area contributed by atoms with Gasteiger partial charge in [0.15, 0.2) is 0 Å². The van der Waals surface area contributed by atoms with Crippen molar-refractivity contribution in [3.63, 3.8) is 0 Å². The number of nitrogens with zero attached hydrogens (tertiary/aromatic N) is 1. The van der Waals surface area contributed by atoms with E-state index < -0.39 is 0 Å². The number of hydrogen-bond acceptors (Lipinski definition) is 2. The summed E-state index contributed by atoms with van der Waals surface area (Å²) in [5.74, 6) is -0.133. The van der Waals surface area contributed by atoms with E-state index >= 15 is 0 Å². The molecule has 1 N–H and O–H groups in total. The lowest BCUT2D eigenvalue weighted by Crippen LogP contribution is -2.36. The topological polar surface area (TPSA) is 15.3 Å². The van der Waals surface area contributed by atoms with Gasteiger partial charge in [0.25, 0.3) is 0 Å². The second-order valence-electron chi connectivity index (χ2n) is 4.93. The van der Waals surface area contributed by atoms with Crippen LogP contribution < -0.4 is 10.2 Å². The van der Waals surface area contributed by atoms with Crippen LogP contribution in [0.3, 0.4) is 0 Å². The van der Waals surface area contributed by atoms with Crippen molar-refractivity contribution in [1.29, 1.82) is 0 Å². The van der Waals surface area contributed by atoms with Gasteiger partial charge >= 0.3 is 0 Å². The Bertz CT molecular complexity index is 473. The zero-order valence-corrected chi connectivity index (χ0v) is 10.1. The highest BCUT2D eigenvalue weighted by Gasteiger charge is 2.21. The Morgan fingerprint density at radius 3 is 2.94 bits per heavy atom. The van der Waals surface area contributed by atoms with E-state index in [1.807, 2.05) is 6.07 Å². The van der Waals surface area contributed by atoms with Crippen LogP contribution in [0.1, 0.15) is 12.5 Å². The van der Waals surface area contributed by atoms with Crippen LogP contribution in [0, 0.1) is 5.82 Å². The summed E-state index contributed by atoms with van der Waals surface area (Å²) >= 11 is 0. The van der Waals surface area contributed by atoms with Gasteiger partial charge in [-0.15, -0.1) is 0 Å². The van der Waals surface area contributed by atoms with E-state index in [9.17, 15) is 4.39 Å². The summed E-state index contributed by atoms with van der Waals surface area (Å²) in [6.07, 6.45) is 1.04. The zero-order valence-electron chi connectivity index (χ0n) is 10.1. The molecule has 1 aromatic rings. The van der Waals surface area contributed by atoms with Gasteiger partial charge < -0.3 is 10.2 Å². The molecule has 17 heavy (non-hydrogen) atoms. The van der Waals surface area contributed by atoms with Crippen LogP contribution in [-0.4, -0.2) is 26.2 Å². The van der Waals surface area contributed by atoms with Crippen LogP contribution in [-0.2, 0) is 6.42 Å². The number of benzene rings is 1. The van der Waals surface area contributed by atoms with Crippen LogP contribution in [0.25, 0.3) is 0 Å². The maximum Gasteiger partial charge on any atom is 0.125 e. The molecule has 0 aromatic heterocycles. The number of hydrogen-bond donors (Lipinski definition) is 1. The molecule has 0 amide bonds. The van der Waals surface area contributed by atoms with E-state index in [2.05, 4.69) is 17.1 Å². The number of fused-ring (bicyclic) bond motifs is 1. The summed E-state index contributed by atoms with van der Waals surface area (Å²) in [4.78, 5) is 2.29. The molecule has 0 atom stereocenters. The molecular formula is C14H17FN2. The third-order valence-electron chi connectivity index (χ3n) is 3.75. The van der Waals surface area contributed by atoms with E-state index in [0.717, 1.165) is 38.3 Å². The van der Waals surface area contributed by atoms with Crippen LogP contribution in [0.15, 0.2) is 29.3 Å². The molecule has 0 bridgehead atoms. The minimum Gasteiger partial charge on any atom is -0.367 e. The van der Waals surface area contributed by atoms with Crippen molar-refractivity contribution in [2.45, 2.75) is 13.3 Å². The normalized spacial score (nSPS) is 18.0. The summed E-state index contributed by atoms with van der Waals surface area (Å²) in [6, 6.07) is 5.14. The van der Waals surface area contributed by atoms with Crippen molar-refractivity contribution in [3.8, 4) is 0 Å². The third kappa shape index (κ3) is 1.95. The van der Waals surface area contributed by atoms with Crippen molar-refractivity contribution in [2.75, 3.05) is 31.1 Å². The molecule has 0 radical (unpaired) electrons. The molecule has 3 rings (SSSR count). The monoisotopic (exact) mass is 232 g/mol. The fraction of sp³-hybridized carbons (Fsp3) is 0.429. The van der Waals surface area contributed by atoms with Gasteiger partial charge in [0.05, 0.1) is 0 Å². The summed E-state index contributed by atoms with van der Waals surface area (Å²) in [7, 11) is 0. The molecule has 0 aliphatic carbocycles. The lowest BCUT2D eigenvalue weighted by Gasteiger charge is -2.26. The SMILES string of the molecule is CC(CN1CCc2ccc(F)cc21)=C1CNC1. The summed E-state index contributed by atoms with van der Waals surface area (Å²) in [5, 5.41) is 3.26. The zero-order chi connectivity index (χ0) is 11.8. The van der Waals surface area contributed by atoms with Crippen molar-refractivity contribution < 1.29 is 4.39 Å². The molecule has 3 heteroatoms. The van der Waals surface area contributed by atoms with E-state index in [1.165, 1.54) is 16.7 Å². The van der Waals surface area contributed by atoms with Gasteiger partial charge in [0.1, 0.15) is 5.82 Å². The molecule has 2 heterocycles. The van der Waals surface area contributed by atoms with Crippen molar-refractivity contribution >= 4 is 5.69 Å². The van der Waals surface area contributed by atoms with Gasteiger partial charge in [0, 0.05) is 31.9 Å². The summed E-state index contributed by atoms with van der Waals surface area (Å²) < 4.78 is 13.3. The summed E-state index contributed by atoms with van der Waals surface area (Å²) in [6.45, 7) is 6.18. The Balaban J connectivity index is 1.81. The first kappa shape index (κ1) is 10.8. The summed E-state index contributed by atoms with van der Waals surface area (Å²) in [5.41, 5.74) is 5.30. The molecule has 1 aromatic carbocycles. The van der Waals surface area contributed by atoms with Gasteiger partial charge in [0.2, 0.25) is 0 Å². The number of anilines is 1. The lowest BCUT2D eigenvalue weighted by molar-refractivity contribution is 0.627. The quantitative estimate of drug-likeness (QED) is 0.786. The first-order valence-corrected chi connectivity index (χ1v) is 6.15. The maximum atomic E-state index is 13.3. The Labute approximate surface area is 101 Å². The number of halogens is 1. The Morgan fingerprint density at radius 2 is 2.24 bits per heavy atom. The second kappa shape index (κ2) is 4.15. The van der Waals surface area contributed by atoms with E-state index in [-0.39, 0.29) is 5.82 Å². The second-order valence-corrected chi connectivity index (χ2v) is 4.93. The molecule has 1 fully saturated rings. The van der Waals surface area contributed by atoms with Crippen molar-refractivity contribution in [2.24, 2.45) is 0 Å². The van der Waals surface area contributed by atoms with Crippen LogP contribution in [0.5, 0.6) is 0 Å². The molecular weight excluding hydrogens is 215 g/mol. The lowest BCUT2D eigenvalue weighted by atomic mass is 10.0. The Morgan fingerprint density at radius 1 is 1.41 bits per heavy atom. The number of rotatable bonds is 2. The van der Waals surface area contributed by atoms with Gasteiger partial charge in [-0.1, -0.05) is 11.6 Å². The number of nitrogens with one attached hydrogen (secondary N) is 1.